The number of hydrogen-bond acceptors (Lipinski definition) is 5. The maximum Gasteiger partial charge on any atom is 0.290 e. The number of hydrogen-bond donors (Lipinski definition) is 1. The molecule has 1 N–H and O–H groups in total. The minimum absolute atomic E-state index is 0.00716. The molecule has 148 valence electrons. The summed E-state index contributed by atoms with van der Waals surface area (Å²) in [5.41, 5.74) is 3.69. The first kappa shape index (κ1) is 19.7. The zero-order chi connectivity index (χ0) is 20.1. The number of carbonyl (C=O) groups excluding carboxylic acids is 1. The number of methoxy groups -OCH3 is 1. The number of ether oxygens (including phenoxy) is 1. The third-order valence-corrected chi connectivity index (χ3v) is 4.82. The van der Waals surface area contributed by atoms with E-state index in [4.69, 9.17) is 9.26 Å². The van der Waals surface area contributed by atoms with Gasteiger partial charge in [0.15, 0.2) is 0 Å². The summed E-state index contributed by atoms with van der Waals surface area (Å²) in [6, 6.07) is 9.63. The van der Waals surface area contributed by atoms with Crippen LogP contribution in [0.5, 0.6) is 5.75 Å². The van der Waals surface area contributed by atoms with Gasteiger partial charge < -0.3 is 14.6 Å². The zero-order valence-corrected chi connectivity index (χ0v) is 16.7. The predicted molar refractivity (Wildman–Crippen MR) is 106 cm³/mol. The molecule has 0 aliphatic heterocycles. The third-order valence-electron chi connectivity index (χ3n) is 4.82. The molecule has 1 aromatic carbocycles. The number of rotatable bonds is 8. The van der Waals surface area contributed by atoms with Gasteiger partial charge in [0.1, 0.15) is 11.4 Å². The molecule has 0 spiro atoms. The number of nitrogens with one attached hydrogen (secondary N) is 1. The van der Waals surface area contributed by atoms with Gasteiger partial charge in [0.05, 0.1) is 13.3 Å². The van der Waals surface area contributed by atoms with Crippen LogP contribution in [0.4, 0.5) is 0 Å². The molecule has 0 saturated carbocycles. The Balaban J connectivity index is 1.56. The summed E-state index contributed by atoms with van der Waals surface area (Å²) in [4.78, 5) is 12.5. The van der Waals surface area contributed by atoms with Crippen molar-refractivity contribution in [2.24, 2.45) is 0 Å². The van der Waals surface area contributed by atoms with E-state index in [-0.39, 0.29) is 17.7 Å². The van der Waals surface area contributed by atoms with Gasteiger partial charge in [-0.2, -0.15) is 5.10 Å². The molecule has 1 amide bonds. The molecular weight excluding hydrogens is 356 g/mol. The number of aryl methyl sites for hydroxylation is 2. The quantitative estimate of drug-likeness (QED) is 0.643. The Labute approximate surface area is 164 Å². The minimum Gasteiger partial charge on any atom is -0.497 e. The van der Waals surface area contributed by atoms with Gasteiger partial charge in [-0.15, -0.1) is 0 Å². The van der Waals surface area contributed by atoms with E-state index in [0.717, 1.165) is 36.4 Å². The Bertz CT molecular complexity index is 928. The predicted octanol–water partition coefficient (Wildman–Crippen LogP) is 3.63. The number of nitrogens with zero attached hydrogens (tertiary/aromatic N) is 3. The van der Waals surface area contributed by atoms with Gasteiger partial charge in [-0.05, 0) is 51.3 Å². The second kappa shape index (κ2) is 8.73. The first-order valence-electron chi connectivity index (χ1n) is 9.45. The Kier molecular flexibility index (Phi) is 6.13. The smallest absolute Gasteiger partial charge is 0.290 e. The fraction of sp³-hybridized carbons (Fsp3) is 0.381. The van der Waals surface area contributed by atoms with E-state index < -0.39 is 0 Å². The summed E-state index contributed by atoms with van der Waals surface area (Å²) >= 11 is 0. The van der Waals surface area contributed by atoms with Gasteiger partial charge in [0.2, 0.25) is 5.76 Å². The highest BCUT2D eigenvalue weighted by Crippen LogP contribution is 2.23. The van der Waals surface area contributed by atoms with Crippen LogP contribution in [0.3, 0.4) is 0 Å². The van der Waals surface area contributed by atoms with Crippen molar-refractivity contribution in [2.75, 3.05) is 7.11 Å². The highest BCUT2D eigenvalue weighted by molar-refractivity contribution is 5.92. The molecule has 2 aromatic heterocycles. The van der Waals surface area contributed by atoms with Crippen molar-refractivity contribution in [1.82, 2.24) is 20.3 Å². The molecule has 0 bridgehead atoms. The summed E-state index contributed by atoms with van der Waals surface area (Å²) in [6.45, 7) is 6.76. The topological polar surface area (TPSA) is 82.2 Å². The van der Waals surface area contributed by atoms with Crippen LogP contribution >= 0.6 is 0 Å². The standard InChI is InChI=1S/C21H26N4O3/c1-5-25-15(3)18(13-22-25)19-12-20(28-24-19)21(26)23-14(2)6-7-16-8-10-17(27-4)11-9-16/h8-14H,5-7H2,1-4H3,(H,23,26)/t14-/m0/s1. The van der Waals surface area contributed by atoms with Crippen LogP contribution in [0.2, 0.25) is 0 Å². The summed E-state index contributed by atoms with van der Waals surface area (Å²) in [5, 5.41) is 11.3. The number of benzene rings is 1. The normalized spacial score (nSPS) is 12.0. The lowest BCUT2D eigenvalue weighted by Crippen LogP contribution is -2.32. The summed E-state index contributed by atoms with van der Waals surface area (Å²) < 4.78 is 12.3. The Morgan fingerprint density at radius 1 is 1.32 bits per heavy atom. The van der Waals surface area contributed by atoms with E-state index >= 15 is 0 Å². The summed E-state index contributed by atoms with van der Waals surface area (Å²) in [5.74, 6) is 0.780. The van der Waals surface area contributed by atoms with Gasteiger partial charge in [0, 0.05) is 29.9 Å². The van der Waals surface area contributed by atoms with Gasteiger partial charge in [-0.1, -0.05) is 17.3 Å². The highest BCUT2D eigenvalue weighted by Gasteiger charge is 2.18. The monoisotopic (exact) mass is 382 g/mol. The van der Waals surface area contributed by atoms with Crippen LogP contribution in [-0.2, 0) is 13.0 Å². The van der Waals surface area contributed by atoms with Crippen molar-refractivity contribution in [2.45, 2.75) is 46.2 Å². The zero-order valence-electron chi connectivity index (χ0n) is 16.7. The first-order valence-corrected chi connectivity index (χ1v) is 9.45. The lowest BCUT2D eigenvalue weighted by atomic mass is 10.1. The molecule has 28 heavy (non-hydrogen) atoms. The van der Waals surface area contributed by atoms with Crippen LogP contribution in [0.25, 0.3) is 11.3 Å². The molecule has 7 nitrogen and oxygen atoms in total. The molecule has 0 unspecified atom stereocenters. The second-order valence-corrected chi connectivity index (χ2v) is 6.80. The second-order valence-electron chi connectivity index (χ2n) is 6.80. The summed E-state index contributed by atoms with van der Waals surface area (Å²) in [7, 11) is 1.65. The molecule has 0 saturated heterocycles. The average Bonchev–Trinajstić information content (AvgIpc) is 3.33. The number of amides is 1. The fourth-order valence-corrected chi connectivity index (χ4v) is 3.07. The van der Waals surface area contributed by atoms with Gasteiger partial charge in [-0.3, -0.25) is 9.48 Å². The van der Waals surface area contributed by atoms with Crippen LogP contribution < -0.4 is 10.1 Å². The molecular formula is C21H26N4O3. The Morgan fingerprint density at radius 3 is 2.71 bits per heavy atom. The largest absolute Gasteiger partial charge is 0.497 e. The molecule has 3 aromatic rings. The molecule has 3 rings (SSSR count). The minimum atomic E-state index is -0.262. The molecule has 7 heteroatoms. The molecule has 2 heterocycles. The average molecular weight is 382 g/mol. The molecule has 0 fully saturated rings. The molecule has 0 aliphatic carbocycles. The van der Waals surface area contributed by atoms with E-state index in [0.29, 0.717) is 5.69 Å². The van der Waals surface area contributed by atoms with Crippen LogP contribution in [0.15, 0.2) is 41.1 Å². The van der Waals surface area contributed by atoms with E-state index in [2.05, 4.69) is 15.6 Å². The molecule has 0 aliphatic rings. The van der Waals surface area contributed by atoms with E-state index in [1.807, 2.05) is 49.7 Å². The fourth-order valence-electron chi connectivity index (χ4n) is 3.07. The maximum absolute atomic E-state index is 12.5. The van der Waals surface area contributed by atoms with Crippen molar-refractivity contribution in [1.29, 1.82) is 0 Å². The van der Waals surface area contributed by atoms with Crippen molar-refractivity contribution < 1.29 is 14.1 Å². The van der Waals surface area contributed by atoms with Crippen molar-refractivity contribution in [3.63, 3.8) is 0 Å². The van der Waals surface area contributed by atoms with Crippen LogP contribution in [-0.4, -0.2) is 34.0 Å². The Hall–Kier alpha value is -3.09. The SMILES string of the molecule is CCn1ncc(-c2cc(C(=O)N[C@@H](C)CCc3ccc(OC)cc3)on2)c1C. The van der Waals surface area contributed by atoms with Crippen molar-refractivity contribution >= 4 is 5.91 Å². The van der Waals surface area contributed by atoms with Gasteiger partial charge in [-0.25, -0.2) is 0 Å². The first-order chi connectivity index (χ1) is 13.5. The number of aromatic nitrogens is 3. The third kappa shape index (κ3) is 4.42. The van der Waals surface area contributed by atoms with Gasteiger partial charge in [0.25, 0.3) is 5.91 Å². The van der Waals surface area contributed by atoms with Crippen molar-refractivity contribution in [3.05, 3.63) is 53.5 Å². The van der Waals surface area contributed by atoms with Crippen molar-refractivity contribution in [3.8, 4) is 17.0 Å². The molecule has 0 radical (unpaired) electrons. The summed E-state index contributed by atoms with van der Waals surface area (Å²) in [6.07, 6.45) is 3.43. The van der Waals surface area contributed by atoms with Crippen LogP contribution in [0.1, 0.15) is 42.1 Å². The molecule has 1 atom stereocenters. The lowest BCUT2D eigenvalue weighted by molar-refractivity contribution is 0.0901. The van der Waals surface area contributed by atoms with E-state index in [9.17, 15) is 4.79 Å². The highest BCUT2D eigenvalue weighted by atomic mass is 16.5. The Morgan fingerprint density at radius 2 is 2.07 bits per heavy atom. The number of carbonyl (C=O) groups is 1. The van der Waals surface area contributed by atoms with Gasteiger partial charge >= 0.3 is 0 Å². The maximum atomic E-state index is 12.5. The van der Waals surface area contributed by atoms with E-state index in [1.54, 1.807) is 19.4 Å². The lowest BCUT2D eigenvalue weighted by Gasteiger charge is -2.12. The van der Waals surface area contributed by atoms with Crippen LogP contribution in [0, 0.1) is 6.92 Å². The van der Waals surface area contributed by atoms with E-state index in [1.165, 1.54) is 5.56 Å².